The molecule has 0 unspecified atom stereocenters. The summed E-state index contributed by atoms with van der Waals surface area (Å²) in [6.07, 6.45) is 4.15. The van der Waals surface area contributed by atoms with Crippen molar-refractivity contribution in [1.82, 2.24) is 20.1 Å². The molecule has 0 aromatic carbocycles. The minimum atomic E-state index is -0.553. The molecule has 2 aliphatic heterocycles. The second kappa shape index (κ2) is 8.42. The lowest BCUT2D eigenvalue weighted by atomic mass is 9.89. The van der Waals surface area contributed by atoms with Gasteiger partial charge in [-0.05, 0) is 69.3 Å². The average molecular weight is 526 g/mol. The zero-order valence-electron chi connectivity index (χ0n) is 18.8. The van der Waals surface area contributed by atoms with Crippen LogP contribution in [0, 0.1) is 6.92 Å². The molecule has 2 bridgehead atoms. The van der Waals surface area contributed by atoms with Crippen LogP contribution in [0.1, 0.15) is 67.5 Å². The third kappa shape index (κ3) is 4.55. The topological polar surface area (TPSA) is 107 Å². The summed E-state index contributed by atoms with van der Waals surface area (Å²) in [6, 6.07) is -0.109. The number of nitrogens with one attached hydrogen (secondary N) is 2. The molecular weight excluding hydrogens is 498 g/mol. The quantitative estimate of drug-likeness (QED) is 0.617. The fourth-order valence-electron chi connectivity index (χ4n) is 4.57. The number of aromatic nitrogens is 3. The molecule has 2 N–H and O–H groups in total. The first kappa shape index (κ1) is 23.2. The van der Waals surface area contributed by atoms with E-state index < -0.39 is 17.3 Å². The standard InChI is InChI=1S/C21H28BrN5O4S/c1-11-15(26-18(22)32-11)17(28)24-13-10-23-27(5)16(13)21-8-6-12(14(30-21)7-9-21)25-19(29)31-20(2,3)4/h10,12,14H,6-9H2,1-5H3,(H,24,28)(H,25,29)/t12-,14-,21-/m1/s1. The van der Waals surface area contributed by atoms with Gasteiger partial charge in [0.2, 0.25) is 0 Å². The van der Waals surface area contributed by atoms with Gasteiger partial charge in [-0.3, -0.25) is 9.48 Å². The molecule has 0 spiro atoms. The minimum absolute atomic E-state index is 0.109. The van der Waals surface area contributed by atoms with E-state index in [9.17, 15) is 9.59 Å². The minimum Gasteiger partial charge on any atom is -0.444 e. The number of thiazole rings is 1. The van der Waals surface area contributed by atoms with Crippen molar-refractivity contribution in [2.24, 2.45) is 7.05 Å². The fourth-order valence-corrected chi connectivity index (χ4v) is 6.10. The molecule has 2 aromatic heterocycles. The summed E-state index contributed by atoms with van der Waals surface area (Å²) in [6.45, 7) is 7.39. The lowest BCUT2D eigenvalue weighted by Gasteiger charge is -2.38. The van der Waals surface area contributed by atoms with Crippen LogP contribution in [0.3, 0.4) is 0 Å². The highest BCUT2D eigenvalue weighted by molar-refractivity contribution is 9.11. The molecule has 2 aromatic rings. The Morgan fingerprint density at radius 1 is 1.34 bits per heavy atom. The number of rotatable bonds is 4. The lowest BCUT2D eigenvalue weighted by Crippen LogP contribution is -2.49. The molecule has 2 amide bonds. The van der Waals surface area contributed by atoms with Gasteiger partial charge in [0.1, 0.15) is 16.9 Å². The summed E-state index contributed by atoms with van der Waals surface area (Å²) in [5, 5.41) is 10.3. The van der Waals surface area contributed by atoms with E-state index in [0.29, 0.717) is 21.7 Å². The highest BCUT2D eigenvalue weighted by Gasteiger charge is 2.51. The largest absolute Gasteiger partial charge is 0.444 e. The zero-order chi connectivity index (χ0) is 23.3. The van der Waals surface area contributed by atoms with Gasteiger partial charge in [0.15, 0.2) is 3.92 Å². The predicted molar refractivity (Wildman–Crippen MR) is 124 cm³/mol. The Bertz CT molecular complexity index is 1050. The van der Waals surface area contributed by atoms with Crippen molar-refractivity contribution in [2.75, 3.05) is 5.32 Å². The first-order chi connectivity index (χ1) is 15.0. The van der Waals surface area contributed by atoms with Crippen LogP contribution < -0.4 is 10.6 Å². The van der Waals surface area contributed by atoms with Crippen molar-refractivity contribution in [2.45, 2.75) is 76.7 Å². The highest BCUT2D eigenvalue weighted by Crippen LogP contribution is 2.50. The molecule has 2 aliphatic rings. The van der Waals surface area contributed by atoms with Crippen molar-refractivity contribution < 1.29 is 19.1 Å². The van der Waals surface area contributed by atoms with Crippen molar-refractivity contribution in [3.63, 3.8) is 0 Å². The number of ether oxygens (including phenoxy) is 2. The maximum absolute atomic E-state index is 12.9. The SMILES string of the molecule is Cc1sc(Br)nc1C(=O)Nc1cnn(C)c1[C@@]12CC[C@@H](NC(=O)OC(C)(C)C)[C@@H](CC1)O2. The number of halogens is 1. The van der Waals surface area contributed by atoms with Crippen LogP contribution in [0.2, 0.25) is 0 Å². The van der Waals surface area contributed by atoms with E-state index in [1.165, 1.54) is 11.3 Å². The van der Waals surface area contributed by atoms with Crippen LogP contribution in [0.5, 0.6) is 0 Å². The van der Waals surface area contributed by atoms with Gasteiger partial charge in [0.25, 0.3) is 5.91 Å². The van der Waals surface area contributed by atoms with Crippen molar-refractivity contribution in [3.8, 4) is 0 Å². The third-order valence-electron chi connectivity index (χ3n) is 5.82. The number of carbonyl (C=O) groups is 2. The maximum atomic E-state index is 12.9. The molecular formula is C21H28BrN5O4S. The number of hydrogen-bond acceptors (Lipinski definition) is 7. The van der Waals surface area contributed by atoms with Gasteiger partial charge >= 0.3 is 6.09 Å². The van der Waals surface area contributed by atoms with Crippen LogP contribution in [0.15, 0.2) is 10.1 Å². The van der Waals surface area contributed by atoms with Gasteiger partial charge < -0.3 is 20.1 Å². The number of carbonyl (C=O) groups excluding carboxylic acids is 2. The van der Waals surface area contributed by atoms with E-state index in [4.69, 9.17) is 9.47 Å². The molecule has 4 rings (SSSR count). The number of aryl methyl sites for hydroxylation is 2. The Hall–Kier alpha value is -1.98. The van der Waals surface area contributed by atoms with Gasteiger partial charge in [-0.25, -0.2) is 9.78 Å². The van der Waals surface area contributed by atoms with Gasteiger partial charge in [-0.15, -0.1) is 11.3 Å². The Balaban J connectivity index is 1.50. The summed E-state index contributed by atoms with van der Waals surface area (Å²) in [4.78, 5) is 30.2. The van der Waals surface area contributed by atoms with E-state index in [1.807, 2.05) is 34.7 Å². The summed E-state index contributed by atoms with van der Waals surface area (Å²) in [5.41, 5.74) is 0.759. The Kier molecular flexibility index (Phi) is 6.10. The van der Waals surface area contributed by atoms with Crippen molar-refractivity contribution >= 4 is 45.0 Å². The smallest absolute Gasteiger partial charge is 0.407 e. The number of fused-ring (bicyclic) bond motifs is 2. The second-order valence-electron chi connectivity index (χ2n) is 9.34. The predicted octanol–water partition coefficient (Wildman–Crippen LogP) is 4.26. The Labute approximate surface area is 199 Å². The molecule has 0 radical (unpaired) electrons. The van der Waals surface area contributed by atoms with Gasteiger partial charge in [0, 0.05) is 11.9 Å². The van der Waals surface area contributed by atoms with Crippen molar-refractivity contribution in [3.05, 3.63) is 26.4 Å². The summed E-state index contributed by atoms with van der Waals surface area (Å²) in [5.74, 6) is -0.273. The van der Waals surface area contributed by atoms with Crippen LogP contribution in [0.25, 0.3) is 0 Å². The van der Waals surface area contributed by atoms with Crippen molar-refractivity contribution in [1.29, 1.82) is 0 Å². The Morgan fingerprint density at radius 3 is 2.72 bits per heavy atom. The molecule has 2 saturated heterocycles. The van der Waals surface area contributed by atoms with Crippen LogP contribution in [0.4, 0.5) is 10.5 Å². The monoisotopic (exact) mass is 525 g/mol. The van der Waals surface area contributed by atoms with E-state index in [1.54, 1.807) is 10.9 Å². The molecule has 174 valence electrons. The first-order valence-electron chi connectivity index (χ1n) is 10.6. The lowest BCUT2D eigenvalue weighted by molar-refractivity contribution is -0.1000. The zero-order valence-corrected chi connectivity index (χ0v) is 21.2. The van der Waals surface area contributed by atoms with E-state index in [0.717, 1.165) is 29.8 Å². The molecule has 11 heteroatoms. The van der Waals surface area contributed by atoms with E-state index >= 15 is 0 Å². The molecule has 2 fully saturated rings. The molecule has 4 heterocycles. The number of anilines is 1. The van der Waals surface area contributed by atoms with Crippen LogP contribution >= 0.6 is 27.3 Å². The average Bonchev–Trinajstić information content (AvgIpc) is 3.32. The number of nitrogens with zero attached hydrogens (tertiary/aromatic N) is 3. The number of alkyl carbamates (subject to hydrolysis) is 1. The highest BCUT2D eigenvalue weighted by atomic mass is 79.9. The fraction of sp³-hybridized carbons (Fsp3) is 0.619. The van der Waals surface area contributed by atoms with Gasteiger partial charge in [0.05, 0.1) is 29.7 Å². The summed E-state index contributed by atoms with van der Waals surface area (Å²) < 4.78 is 14.3. The number of amides is 2. The Morgan fingerprint density at radius 2 is 2.06 bits per heavy atom. The van der Waals surface area contributed by atoms with Crippen LogP contribution in [-0.2, 0) is 22.1 Å². The van der Waals surface area contributed by atoms with Crippen LogP contribution in [-0.4, -0.2) is 44.5 Å². The summed E-state index contributed by atoms with van der Waals surface area (Å²) >= 11 is 4.75. The van der Waals surface area contributed by atoms with Gasteiger partial charge in [-0.2, -0.15) is 5.10 Å². The summed E-state index contributed by atoms with van der Waals surface area (Å²) in [7, 11) is 1.85. The first-order valence-corrected chi connectivity index (χ1v) is 12.2. The second-order valence-corrected chi connectivity index (χ2v) is 11.8. The van der Waals surface area contributed by atoms with Gasteiger partial charge in [-0.1, -0.05) is 0 Å². The number of hydrogen-bond donors (Lipinski definition) is 2. The van der Waals surface area contributed by atoms with E-state index in [2.05, 4.69) is 36.6 Å². The molecule has 3 atom stereocenters. The van der Waals surface area contributed by atoms with E-state index in [-0.39, 0.29) is 18.1 Å². The normalized spacial score (nSPS) is 24.9. The molecule has 0 aliphatic carbocycles. The maximum Gasteiger partial charge on any atom is 0.407 e. The third-order valence-corrected chi connectivity index (χ3v) is 7.25. The molecule has 9 nitrogen and oxygen atoms in total. The molecule has 0 saturated carbocycles. The molecule has 32 heavy (non-hydrogen) atoms.